The Morgan fingerprint density at radius 3 is 2.72 bits per heavy atom. The largest absolute Gasteiger partial charge is 0.409 e. The van der Waals surface area contributed by atoms with Crippen molar-refractivity contribution in [3.8, 4) is 0 Å². The third-order valence-corrected chi connectivity index (χ3v) is 3.44. The monoisotopic (exact) mass is 259 g/mol. The van der Waals surface area contributed by atoms with Crippen LogP contribution in [-0.4, -0.2) is 16.0 Å². The van der Waals surface area contributed by atoms with Crippen LogP contribution in [0.15, 0.2) is 58.7 Å². The van der Waals surface area contributed by atoms with E-state index < -0.39 is 0 Å². The van der Waals surface area contributed by atoms with Crippen molar-refractivity contribution in [3.05, 3.63) is 59.9 Å². The molecule has 2 rings (SSSR count). The first kappa shape index (κ1) is 12.4. The zero-order chi connectivity index (χ0) is 12.8. The molecule has 0 spiro atoms. The zero-order valence-electron chi connectivity index (χ0n) is 9.65. The predicted molar refractivity (Wildman–Crippen MR) is 72.8 cm³/mol. The van der Waals surface area contributed by atoms with Crippen LogP contribution in [0.25, 0.3) is 0 Å². The minimum absolute atomic E-state index is 0.0410. The Bertz CT molecular complexity index is 543. The zero-order valence-corrected chi connectivity index (χ0v) is 10.5. The molecule has 5 heteroatoms. The van der Waals surface area contributed by atoms with Gasteiger partial charge in [0.2, 0.25) is 0 Å². The summed E-state index contributed by atoms with van der Waals surface area (Å²) in [6.45, 7) is 0. The summed E-state index contributed by atoms with van der Waals surface area (Å²) in [6.07, 6.45) is 1.63. The molecule has 3 N–H and O–H groups in total. The van der Waals surface area contributed by atoms with E-state index in [9.17, 15) is 0 Å². The normalized spacial score (nSPS) is 11.4. The number of thioether (sulfide) groups is 1. The molecule has 92 valence electrons. The third kappa shape index (κ3) is 3.01. The Hall–Kier alpha value is -2.01. The predicted octanol–water partition coefficient (Wildman–Crippen LogP) is 2.47. The first-order chi connectivity index (χ1) is 8.81. The van der Waals surface area contributed by atoms with Gasteiger partial charge in [0.1, 0.15) is 5.69 Å². The maximum absolute atomic E-state index is 8.71. The molecule has 0 saturated heterocycles. The van der Waals surface area contributed by atoms with Gasteiger partial charge in [0.05, 0.1) is 0 Å². The van der Waals surface area contributed by atoms with Crippen molar-refractivity contribution in [1.29, 1.82) is 0 Å². The van der Waals surface area contributed by atoms with Crippen LogP contribution in [0.3, 0.4) is 0 Å². The van der Waals surface area contributed by atoms with Gasteiger partial charge in [-0.3, -0.25) is 4.98 Å². The van der Waals surface area contributed by atoms with E-state index in [0.717, 1.165) is 11.3 Å². The molecule has 1 aromatic carbocycles. The molecule has 0 unspecified atom stereocenters. The maximum atomic E-state index is 8.71. The minimum atomic E-state index is 0.0410. The molecule has 0 radical (unpaired) electrons. The Labute approximate surface area is 110 Å². The molecule has 1 heterocycles. The quantitative estimate of drug-likeness (QED) is 0.291. The summed E-state index contributed by atoms with van der Waals surface area (Å²) in [6, 6.07) is 13.8. The topological polar surface area (TPSA) is 71.5 Å². The molecule has 2 aromatic rings. The number of hydrogen-bond acceptors (Lipinski definition) is 4. The Morgan fingerprint density at radius 1 is 1.22 bits per heavy atom. The molecule has 0 aliphatic carbocycles. The van der Waals surface area contributed by atoms with Crippen LogP contribution in [0.4, 0.5) is 0 Å². The highest BCUT2D eigenvalue weighted by Gasteiger charge is 2.08. The number of oxime groups is 1. The van der Waals surface area contributed by atoms with Crippen LogP contribution in [0.5, 0.6) is 0 Å². The summed E-state index contributed by atoms with van der Waals surface area (Å²) >= 11 is 1.68. The van der Waals surface area contributed by atoms with E-state index in [-0.39, 0.29) is 5.84 Å². The fraction of sp³-hybridized carbons (Fsp3) is 0.0769. The average Bonchev–Trinajstić information content (AvgIpc) is 2.45. The number of nitrogens with two attached hydrogens (primary N) is 1. The molecule has 0 aliphatic rings. The molecule has 1 aromatic heterocycles. The lowest BCUT2D eigenvalue weighted by Gasteiger charge is -2.06. The molecule has 18 heavy (non-hydrogen) atoms. The highest BCUT2D eigenvalue weighted by atomic mass is 32.2. The van der Waals surface area contributed by atoms with E-state index in [4.69, 9.17) is 10.9 Å². The van der Waals surface area contributed by atoms with Gasteiger partial charge in [-0.1, -0.05) is 29.4 Å². The Kier molecular flexibility index (Phi) is 4.20. The molecule has 0 fully saturated rings. The lowest BCUT2D eigenvalue weighted by molar-refractivity contribution is 0.318. The van der Waals surface area contributed by atoms with Gasteiger partial charge in [-0.25, -0.2) is 0 Å². The molecular weight excluding hydrogens is 246 g/mol. The average molecular weight is 259 g/mol. The van der Waals surface area contributed by atoms with Crippen molar-refractivity contribution in [1.82, 2.24) is 4.98 Å². The molecule has 0 aliphatic heterocycles. The van der Waals surface area contributed by atoms with Gasteiger partial charge < -0.3 is 10.9 Å². The fourth-order valence-corrected chi connectivity index (χ4v) is 2.42. The number of rotatable bonds is 4. The van der Waals surface area contributed by atoms with Gasteiger partial charge in [0, 0.05) is 16.8 Å². The summed E-state index contributed by atoms with van der Waals surface area (Å²) in [4.78, 5) is 5.31. The molecule has 0 atom stereocenters. The molecule has 0 bridgehead atoms. The van der Waals surface area contributed by atoms with Crippen molar-refractivity contribution >= 4 is 17.6 Å². The van der Waals surface area contributed by atoms with E-state index in [1.54, 1.807) is 18.0 Å². The summed E-state index contributed by atoms with van der Waals surface area (Å²) in [5, 5.41) is 11.7. The second-order valence-electron chi connectivity index (χ2n) is 3.60. The number of benzene rings is 1. The van der Waals surface area contributed by atoms with Crippen LogP contribution in [-0.2, 0) is 5.75 Å². The van der Waals surface area contributed by atoms with Crippen LogP contribution in [0.2, 0.25) is 0 Å². The highest BCUT2D eigenvalue weighted by molar-refractivity contribution is 7.98. The van der Waals surface area contributed by atoms with Gasteiger partial charge in [0.25, 0.3) is 0 Å². The number of pyridine rings is 1. The van der Waals surface area contributed by atoms with Gasteiger partial charge in [-0.15, -0.1) is 11.8 Å². The summed E-state index contributed by atoms with van der Waals surface area (Å²) in [5.74, 6) is 0.767. The Morgan fingerprint density at radius 2 is 2.00 bits per heavy atom. The minimum Gasteiger partial charge on any atom is -0.409 e. The number of nitrogens with zero attached hydrogens (tertiary/aromatic N) is 2. The summed E-state index contributed by atoms with van der Waals surface area (Å²) in [7, 11) is 0. The summed E-state index contributed by atoms with van der Waals surface area (Å²) < 4.78 is 0. The molecule has 0 amide bonds. The van der Waals surface area contributed by atoms with Crippen molar-refractivity contribution in [2.24, 2.45) is 10.9 Å². The summed E-state index contributed by atoms with van der Waals surface area (Å²) in [5.41, 5.74) is 7.07. The van der Waals surface area contributed by atoms with Crippen LogP contribution < -0.4 is 5.73 Å². The van der Waals surface area contributed by atoms with Crippen LogP contribution in [0, 0.1) is 0 Å². The lowest BCUT2D eigenvalue weighted by atomic mass is 10.2. The van der Waals surface area contributed by atoms with Crippen molar-refractivity contribution in [2.75, 3.05) is 0 Å². The van der Waals surface area contributed by atoms with E-state index in [0.29, 0.717) is 5.69 Å². The molecule has 4 nitrogen and oxygen atoms in total. The second-order valence-corrected chi connectivity index (χ2v) is 4.65. The van der Waals surface area contributed by atoms with Crippen molar-refractivity contribution in [2.45, 2.75) is 10.6 Å². The first-order valence-corrected chi connectivity index (χ1v) is 6.39. The first-order valence-electron chi connectivity index (χ1n) is 5.41. The molecule has 0 saturated carbocycles. The van der Waals surface area contributed by atoms with Gasteiger partial charge in [-0.2, -0.15) is 0 Å². The van der Waals surface area contributed by atoms with E-state index in [1.807, 2.05) is 42.5 Å². The smallest absolute Gasteiger partial charge is 0.189 e. The van der Waals surface area contributed by atoms with Crippen LogP contribution >= 0.6 is 11.8 Å². The fourth-order valence-electron chi connectivity index (χ4n) is 1.51. The van der Waals surface area contributed by atoms with Crippen molar-refractivity contribution in [3.63, 3.8) is 0 Å². The van der Waals surface area contributed by atoms with E-state index in [2.05, 4.69) is 10.1 Å². The SMILES string of the molecule is NC(=NO)c1ncccc1CSc1ccccc1. The second kappa shape index (κ2) is 6.07. The van der Waals surface area contributed by atoms with E-state index in [1.165, 1.54) is 4.90 Å². The van der Waals surface area contributed by atoms with Crippen molar-refractivity contribution < 1.29 is 5.21 Å². The van der Waals surface area contributed by atoms with E-state index >= 15 is 0 Å². The number of amidine groups is 1. The Balaban J connectivity index is 2.15. The molecular formula is C13H13N3OS. The third-order valence-electron chi connectivity index (χ3n) is 2.38. The van der Waals surface area contributed by atoms with Gasteiger partial charge in [-0.05, 0) is 23.8 Å². The lowest BCUT2D eigenvalue weighted by Crippen LogP contribution is -2.17. The van der Waals surface area contributed by atoms with Crippen LogP contribution in [0.1, 0.15) is 11.3 Å². The standard InChI is InChI=1S/C13H13N3OS/c14-13(16-17)12-10(5-4-8-15-12)9-18-11-6-2-1-3-7-11/h1-8,17H,9H2,(H2,14,16). The highest BCUT2D eigenvalue weighted by Crippen LogP contribution is 2.23. The van der Waals surface area contributed by atoms with Gasteiger partial charge in [0.15, 0.2) is 5.84 Å². The maximum Gasteiger partial charge on any atom is 0.189 e. The van der Waals surface area contributed by atoms with Gasteiger partial charge >= 0.3 is 0 Å². The number of hydrogen-bond donors (Lipinski definition) is 2. The number of aromatic nitrogens is 1.